The van der Waals surface area contributed by atoms with Gasteiger partial charge in [-0.25, -0.2) is 0 Å². The number of anilines is 1. The van der Waals surface area contributed by atoms with E-state index >= 15 is 0 Å². The summed E-state index contributed by atoms with van der Waals surface area (Å²) >= 11 is 0. The highest BCUT2D eigenvalue weighted by molar-refractivity contribution is 5.98. The summed E-state index contributed by atoms with van der Waals surface area (Å²) in [6.07, 6.45) is -0.782. The second kappa shape index (κ2) is 10.4. The van der Waals surface area contributed by atoms with Gasteiger partial charge in [0.15, 0.2) is 5.84 Å². The van der Waals surface area contributed by atoms with E-state index in [4.69, 9.17) is 15.3 Å². The van der Waals surface area contributed by atoms with Crippen LogP contribution in [0.25, 0.3) is 0 Å². The van der Waals surface area contributed by atoms with E-state index in [1.807, 2.05) is 51.1 Å². The highest BCUT2D eigenvalue weighted by Crippen LogP contribution is 2.22. The molecule has 31 heavy (non-hydrogen) atoms. The van der Waals surface area contributed by atoms with Crippen LogP contribution >= 0.6 is 0 Å². The Hall–Kier alpha value is -2.90. The molecule has 1 amide bonds. The first-order valence-corrected chi connectivity index (χ1v) is 10.6. The average molecular weight is 425 g/mol. The zero-order valence-electron chi connectivity index (χ0n) is 18.8. The number of aryl methyl sites for hydroxylation is 3. The molecule has 0 radical (unpaired) electrons. The van der Waals surface area contributed by atoms with Gasteiger partial charge in [-0.2, -0.15) is 0 Å². The quantitative estimate of drug-likeness (QED) is 0.405. The number of rotatable bonds is 7. The summed E-state index contributed by atoms with van der Waals surface area (Å²) in [6, 6.07) is 12.0. The van der Waals surface area contributed by atoms with Crippen molar-refractivity contribution < 1.29 is 14.4 Å². The number of nitrogens with two attached hydrogens (primary N) is 1. The predicted octanol–water partition coefficient (Wildman–Crippen LogP) is 3.11. The molecule has 1 fully saturated rings. The van der Waals surface area contributed by atoms with E-state index in [1.165, 1.54) is 0 Å². The van der Waals surface area contributed by atoms with Crippen molar-refractivity contribution in [3.8, 4) is 0 Å². The van der Waals surface area contributed by atoms with E-state index in [0.29, 0.717) is 0 Å². The van der Waals surface area contributed by atoms with Gasteiger partial charge in [0.05, 0.1) is 13.2 Å². The molecule has 1 aliphatic heterocycles. The molecule has 1 aliphatic rings. The predicted molar refractivity (Wildman–Crippen MR) is 123 cm³/mol. The molecule has 1 atom stereocenters. The van der Waals surface area contributed by atoms with Crippen LogP contribution in [0, 0.1) is 20.8 Å². The van der Waals surface area contributed by atoms with Crippen LogP contribution in [-0.4, -0.2) is 49.0 Å². The molecule has 3 N–H and O–H groups in total. The zero-order chi connectivity index (χ0) is 22.4. The van der Waals surface area contributed by atoms with Gasteiger partial charge in [0.1, 0.15) is 0 Å². The number of amides is 1. The van der Waals surface area contributed by atoms with Gasteiger partial charge in [-0.05, 0) is 50.5 Å². The standard InChI is InChI=1S/C24H32N4O3/c1-16-12-17(2)22(18(3)13-16)26-24(29)19(4)31-27-23(25)21-7-5-6-20(14-21)15-28-8-10-30-11-9-28/h5-7,12-14,19H,8-11,15H2,1-4H3,(H2,25,27)(H,26,29). The van der Waals surface area contributed by atoms with E-state index in [1.54, 1.807) is 6.92 Å². The average Bonchev–Trinajstić information content (AvgIpc) is 2.75. The Labute approximate surface area is 184 Å². The Morgan fingerprint density at radius 1 is 1.19 bits per heavy atom. The van der Waals surface area contributed by atoms with Crippen LogP contribution in [0.3, 0.4) is 0 Å². The summed E-state index contributed by atoms with van der Waals surface area (Å²) < 4.78 is 5.40. The van der Waals surface area contributed by atoms with Crippen LogP contribution in [0.5, 0.6) is 0 Å². The molecular weight excluding hydrogens is 392 g/mol. The van der Waals surface area contributed by atoms with Gasteiger partial charge >= 0.3 is 0 Å². The number of hydrogen-bond donors (Lipinski definition) is 2. The molecule has 2 aromatic carbocycles. The largest absolute Gasteiger partial charge is 0.381 e. The first kappa shape index (κ1) is 22.8. The summed E-state index contributed by atoms with van der Waals surface area (Å²) in [5, 5.41) is 6.94. The van der Waals surface area contributed by atoms with E-state index < -0.39 is 6.10 Å². The summed E-state index contributed by atoms with van der Waals surface area (Å²) in [4.78, 5) is 20.3. The fraction of sp³-hybridized carbons (Fsp3) is 0.417. The third-order valence-corrected chi connectivity index (χ3v) is 5.34. The highest BCUT2D eigenvalue weighted by atomic mass is 16.6. The second-order valence-electron chi connectivity index (χ2n) is 8.08. The lowest BCUT2D eigenvalue weighted by molar-refractivity contribution is -0.126. The number of nitrogens with one attached hydrogen (secondary N) is 1. The number of morpholine rings is 1. The molecular formula is C24H32N4O3. The van der Waals surface area contributed by atoms with Gasteiger partial charge in [0, 0.05) is 30.9 Å². The van der Waals surface area contributed by atoms with Crippen LogP contribution in [0.2, 0.25) is 0 Å². The lowest BCUT2D eigenvalue weighted by Gasteiger charge is -2.26. The molecule has 2 aromatic rings. The first-order valence-electron chi connectivity index (χ1n) is 10.6. The normalized spacial score (nSPS) is 16.1. The van der Waals surface area contributed by atoms with E-state index in [9.17, 15) is 4.79 Å². The number of carbonyl (C=O) groups is 1. The van der Waals surface area contributed by atoms with Gasteiger partial charge in [-0.15, -0.1) is 0 Å². The van der Waals surface area contributed by atoms with Crippen LogP contribution in [-0.2, 0) is 20.9 Å². The molecule has 0 bridgehead atoms. The second-order valence-corrected chi connectivity index (χ2v) is 8.08. The molecule has 1 heterocycles. The molecule has 166 valence electrons. The maximum Gasteiger partial charge on any atom is 0.268 e. The van der Waals surface area contributed by atoms with E-state index in [-0.39, 0.29) is 11.7 Å². The summed E-state index contributed by atoms with van der Waals surface area (Å²) in [6.45, 7) is 11.8. The Morgan fingerprint density at radius 2 is 1.87 bits per heavy atom. The van der Waals surface area contributed by atoms with Gasteiger partial charge < -0.3 is 20.6 Å². The van der Waals surface area contributed by atoms with E-state index in [0.717, 1.165) is 66.4 Å². The molecule has 7 heteroatoms. The zero-order valence-corrected chi connectivity index (χ0v) is 18.8. The minimum Gasteiger partial charge on any atom is -0.381 e. The minimum absolute atomic E-state index is 0.242. The van der Waals surface area contributed by atoms with Crippen molar-refractivity contribution >= 4 is 17.4 Å². The Morgan fingerprint density at radius 3 is 2.55 bits per heavy atom. The van der Waals surface area contributed by atoms with Crippen molar-refractivity contribution in [1.82, 2.24) is 4.90 Å². The molecule has 0 aromatic heterocycles. The molecule has 7 nitrogen and oxygen atoms in total. The Bertz CT molecular complexity index is 929. The van der Waals surface area contributed by atoms with Crippen LogP contribution < -0.4 is 11.1 Å². The number of nitrogens with zero attached hydrogens (tertiary/aromatic N) is 2. The van der Waals surface area contributed by atoms with Gasteiger partial charge in [0.25, 0.3) is 5.91 Å². The maximum atomic E-state index is 12.6. The Balaban J connectivity index is 1.60. The van der Waals surface area contributed by atoms with Crippen LogP contribution in [0.4, 0.5) is 5.69 Å². The molecule has 0 spiro atoms. The lowest BCUT2D eigenvalue weighted by Crippen LogP contribution is -2.35. The van der Waals surface area contributed by atoms with Crippen molar-refractivity contribution in [2.45, 2.75) is 40.3 Å². The van der Waals surface area contributed by atoms with Crippen molar-refractivity contribution in [1.29, 1.82) is 0 Å². The number of ether oxygens (including phenoxy) is 1. The molecule has 3 rings (SSSR count). The minimum atomic E-state index is -0.782. The van der Waals surface area contributed by atoms with E-state index in [2.05, 4.69) is 21.4 Å². The number of hydrogen-bond acceptors (Lipinski definition) is 5. The molecule has 1 saturated heterocycles. The number of carbonyl (C=O) groups excluding carboxylic acids is 1. The van der Waals surface area contributed by atoms with Crippen LogP contribution in [0.1, 0.15) is 34.7 Å². The summed E-state index contributed by atoms with van der Waals surface area (Å²) in [7, 11) is 0. The lowest BCUT2D eigenvalue weighted by atomic mass is 10.0. The fourth-order valence-electron chi connectivity index (χ4n) is 3.68. The third kappa shape index (κ3) is 6.29. The topological polar surface area (TPSA) is 89.2 Å². The van der Waals surface area contributed by atoms with Crippen molar-refractivity contribution in [3.63, 3.8) is 0 Å². The molecule has 0 saturated carbocycles. The highest BCUT2D eigenvalue weighted by Gasteiger charge is 2.17. The van der Waals surface area contributed by atoms with Gasteiger partial charge in [-0.1, -0.05) is 41.1 Å². The fourth-order valence-corrected chi connectivity index (χ4v) is 3.68. The third-order valence-electron chi connectivity index (χ3n) is 5.34. The van der Waals surface area contributed by atoms with Gasteiger partial charge in [0.2, 0.25) is 6.10 Å². The number of oxime groups is 1. The summed E-state index contributed by atoms with van der Waals surface area (Å²) in [5.41, 5.74) is 12.0. The molecule has 1 unspecified atom stereocenters. The van der Waals surface area contributed by atoms with Crippen molar-refractivity contribution in [2.24, 2.45) is 10.9 Å². The maximum absolute atomic E-state index is 12.6. The smallest absolute Gasteiger partial charge is 0.268 e. The summed E-state index contributed by atoms with van der Waals surface area (Å²) in [5.74, 6) is -0.0288. The SMILES string of the molecule is Cc1cc(C)c(NC(=O)C(C)ON=C(N)c2cccc(CN3CCOCC3)c2)c(C)c1. The van der Waals surface area contributed by atoms with Crippen molar-refractivity contribution in [3.05, 3.63) is 64.2 Å². The van der Waals surface area contributed by atoms with Crippen LogP contribution in [0.15, 0.2) is 41.6 Å². The number of amidine groups is 1. The Kier molecular flexibility index (Phi) is 7.65. The first-order chi connectivity index (χ1) is 14.8. The van der Waals surface area contributed by atoms with Gasteiger partial charge in [-0.3, -0.25) is 9.69 Å². The molecule has 0 aliphatic carbocycles. The number of benzene rings is 2. The monoisotopic (exact) mass is 424 g/mol. The van der Waals surface area contributed by atoms with Crippen molar-refractivity contribution in [2.75, 3.05) is 31.6 Å².